The van der Waals surface area contributed by atoms with Crippen molar-refractivity contribution >= 4 is 23.3 Å². The number of para-hydroxylation sites is 1. The summed E-state index contributed by atoms with van der Waals surface area (Å²) in [5, 5.41) is 2.58. The summed E-state index contributed by atoms with van der Waals surface area (Å²) >= 11 is 0. The summed E-state index contributed by atoms with van der Waals surface area (Å²) in [6.45, 7) is 0.721. The molecular formula is C21H21F2N3O3. The van der Waals surface area contributed by atoms with E-state index in [1.807, 2.05) is 0 Å². The molecule has 2 aromatic rings. The van der Waals surface area contributed by atoms with Crippen LogP contribution in [0.3, 0.4) is 0 Å². The third-order valence-electron chi connectivity index (χ3n) is 5.71. The average Bonchev–Trinajstić information content (AvgIpc) is 2.70. The molecule has 4 rings (SSSR count). The van der Waals surface area contributed by atoms with Gasteiger partial charge in [0.15, 0.2) is 6.10 Å². The van der Waals surface area contributed by atoms with E-state index in [4.69, 9.17) is 4.74 Å². The predicted octanol–water partition coefficient (Wildman–Crippen LogP) is 3.39. The fourth-order valence-electron chi connectivity index (χ4n) is 4.28. The van der Waals surface area contributed by atoms with Crippen LogP contribution in [-0.4, -0.2) is 48.7 Å². The van der Waals surface area contributed by atoms with Gasteiger partial charge in [-0.05, 0) is 43.2 Å². The molecule has 2 aliphatic rings. The first-order chi connectivity index (χ1) is 14.0. The van der Waals surface area contributed by atoms with Crippen molar-refractivity contribution in [2.75, 3.05) is 30.4 Å². The number of urea groups is 1. The minimum atomic E-state index is -0.637. The van der Waals surface area contributed by atoms with Crippen LogP contribution in [0.15, 0.2) is 48.5 Å². The number of hydrogen-bond acceptors (Lipinski definition) is 3. The van der Waals surface area contributed by atoms with Crippen LogP contribution >= 0.6 is 0 Å². The lowest BCUT2D eigenvalue weighted by Gasteiger charge is -2.59. The number of ether oxygens (including phenoxy) is 1. The molecule has 29 heavy (non-hydrogen) atoms. The van der Waals surface area contributed by atoms with Crippen molar-refractivity contribution in [3.63, 3.8) is 0 Å². The predicted molar refractivity (Wildman–Crippen MR) is 104 cm³/mol. The number of hydrogen-bond donors (Lipinski definition) is 1. The fraction of sp³-hybridized carbons (Fsp3) is 0.333. The van der Waals surface area contributed by atoms with Gasteiger partial charge in [0, 0.05) is 25.9 Å². The molecule has 0 radical (unpaired) electrons. The Morgan fingerprint density at radius 1 is 1.14 bits per heavy atom. The topological polar surface area (TPSA) is 61.9 Å². The zero-order valence-corrected chi connectivity index (χ0v) is 15.9. The molecule has 2 fully saturated rings. The number of carbonyl (C=O) groups is 2. The molecule has 2 aromatic carbocycles. The SMILES string of the molecule is COC1C(=O)N(c2cccc(F)c2)C12CCN(C(=O)Nc1ccccc1F)CC2. The molecule has 2 aliphatic heterocycles. The van der Waals surface area contributed by atoms with Crippen LogP contribution in [0.5, 0.6) is 0 Å². The molecule has 1 spiro atoms. The van der Waals surface area contributed by atoms with Crippen LogP contribution in [0, 0.1) is 11.6 Å². The van der Waals surface area contributed by atoms with Gasteiger partial charge < -0.3 is 19.9 Å². The smallest absolute Gasteiger partial charge is 0.321 e. The number of nitrogens with one attached hydrogen (secondary N) is 1. The normalized spacial score (nSPS) is 20.5. The largest absolute Gasteiger partial charge is 0.369 e. The summed E-state index contributed by atoms with van der Waals surface area (Å²) in [6, 6.07) is 11.5. The zero-order chi connectivity index (χ0) is 20.6. The molecule has 0 aromatic heterocycles. The van der Waals surface area contributed by atoms with E-state index in [1.165, 1.54) is 31.4 Å². The Kier molecular flexibility index (Phi) is 4.96. The Hall–Kier alpha value is -3.00. The minimum absolute atomic E-state index is 0.118. The lowest BCUT2D eigenvalue weighted by molar-refractivity contribution is -0.150. The molecule has 1 unspecified atom stereocenters. The monoisotopic (exact) mass is 401 g/mol. The molecule has 1 atom stereocenters. The second-order valence-corrected chi connectivity index (χ2v) is 7.27. The molecule has 0 aliphatic carbocycles. The molecular weight excluding hydrogens is 380 g/mol. The Morgan fingerprint density at radius 3 is 2.52 bits per heavy atom. The molecule has 0 bridgehead atoms. The van der Waals surface area contributed by atoms with Gasteiger partial charge in [-0.2, -0.15) is 0 Å². The van der Waals surface area contributed by atoms with Crippen molar-refractivity contribution in [1.29, 1.82) is 0 Å². The third kappa shape index (κ3) is 3.23. The number of benzene rings is 2. The van der Waals surface area contributed by atoms with Gasteiger partial charge in [0.2, 0.25) is 0 Å². The second kappa shape index (κ2) is 7.44. The van der Waals surface area contributed by atoms with E-state index < -0.39 is 29.3 Å². The van der Waals surface area contributed by atoms with Gasteiger partial charge in [-0.25, -0.2) is 13.6 Å². The molecule has 152 valence electrons. The van der Waals surface area contributed by atoms with Gasteiger partial charge in [0.1, 0.15) is 11.6 Å². The van der Waals surface area contributed by atoms with E-state index in [-0.39, 0.29) is 11.6 Å². The number of nitrogens with zero attached hydrogens (tertiary/aromatic N) is 2. The number of halogens is 2. The molecule has 6 nitrogen and oxygen atoms in total. The number of methoxy groups -OCH3 is 1. The van der Waals surface area contributed by atoms with E-state index >= 15 is 0 Å². The van der Waals surface area contributed by atoms with Crippen LogP contribution in [0.2, 0.25) is 0 Å². The Labute approximate surface area is 167 Å². The van der Waals surface area contributed by atoms with E-state index in [2.05, 4.69) is 5.32 Å². The van der Waals surface area contributed by atoms with Crippen molar-refractivity contribution < 1.29 is 23.1 Å². The molecule has 1 N–H and O–H groups in total. The highest BCUT2D eigenvalue weighted by molar-refractivity contribution is 6.07. The van der Waals surface area contributed by atoms with Gasteiger partial charge in [-0.1, -0.05) is 18.2 Å². The van der Waals surface area contributed by atoms with E-state index in [9.17, 15) is 18.4 Å². The second-order valence-electron chi connectivity index (χ2n) is 7.27. The first-order valence-electron chi connectivity index (χ1n) is 9.39. The summed E-state index contributed by atoms with van der Waals surface area (Å²) in [6.07, 6.45) is 0.305. The number of β-lactam (4-membered cyclic amide) rings is 1. The first-order valence-corrected chi connectivity index (χ1v) is 9.39. The Bertz CT molecular complexity index is 944. The number of amides is 3. The van der Waals surface area contributed by atoms with Gasteiger partial charge in [0.25, 0.3) is 5.91 Å². The quantitative estimate of drug-likeness (QED) is 0.802. The maximum Gasteiger partial charge on any atom is 0.321 e. The summed E-state index contributed by atoms with van der Waals surface area (Å²) in [7, 11) is 1.48. The highest BCUT2D eigenvalue weighted by atomic mass is 19.1. The van der Waals surface area contributed by atoms with Crippen molar-refractivity contribution in [3.8, 4) is 0 Å². The van der Waals surface area contributed by atoms with Crippen LogP contribution in [0.1, 0.15) is 12.8 Å². The molecule has 2 saturated heterocycles. The van der Waals surface area contributed by atoms with Gasteiger partial charge in [-0.3, -0.25) is 4.79 Å². The van der Waals surface area contributed by atoms with Crippen molar-refractivity contribution in [2.45, 2.75) is 24.5 Å². The van der Waals surface area contributed by atoms with E-state index in [0.717, 1.165) is 0 Å². The van der Waals surface area contributed by atoms with Gasteiger partial charge in [-0.15, -0.1) is 0 Å². The van der Waals surface area contributed by atoms with Crippen molar-refractivity contribution in [3.05, 3.63) is 60.2 Å². The molecule has 8 heteroatoms. The Balaban J connectivity index is 1.49. The summed E-state index contributed by atoms with van der Waals surface area (Å²) in [5.41, 5.74) is -0.0330. The molecule has 0 saturated carbocycles. The van der Waals surface area contributed by atoms with Gasteiger partial charge in [0.05, 0.1) is 11.2 Å². The standard InChI is InChI=1S/C21H21F2N3O3/c1-29-18-19(27)26(15-6-4-5-14(22)13-15)21(18)9-11-25(12-10-21)20(28)24-17-8-3-2-7-16(17)23/h2-8,13,18H,9-12H2,1H3,(H,24,28). The maximum atomic E-state index is 13.8. The highest BCUT2D eigenvalue weighted by Crippen LogP contribution is 2.45. The minimum Gasteiger partial charge on any atom is -0.369 e. The van der Waals surface area contributed by atoms with Crippen LogP contribution < -0.4 is 10.2 Å². The number of likely N-dealkylation sites (tertiary alicyclic amines) is 1. The molecule has 2 heterocycles. The number of anilines is 2. The highest BCUT2D eigenvalue weighted by Gasteiger charge is 2.62. The Morgan fingerprint density at radius 2 is 1.86 bits per heavy atom. The van der Waals surface area contributed by atoms with Crippen LogP contribution in [-0.2, 0) is 9.53 Å². The van der Waals surface area contributed by atoms with E-state index in [0.29, 0.717) is 31.6 Å². The lowest BCUT2D eigenvalue weighted by Crippen LogP contribution is -2.78. The number of rotatable bonds is 3. The summed E-state index contributed by atoms with van der Waals surface area (Å²) in [5.74, 6) is -1.15. The summed E-state index contributed by atoms with van der Waals surface area (Å²) < 4.78 is 32.9. The van der Waals surface area contributed by atoms with Gasteiger partial charge >= 0.3 is 6.03 Å². The zero-order valence-electron chi connectivity index (χ0n) is 15.9. The summed E-state index contributed by atoms with van der Waals surface area (Å²) in [4.78, 5) is 28.3. The number of piperidine rings is 1. The molecule has 3 amide bonds. The lowest BCUT2D eigenvalue weighted by atomic mass is 9.72. The fourth-order valence-corrected chi connectivity index (χ4v) is 4.28. The van der Waals surface area contributed by atoms with Crippen LogP contribution in [0.4, 0.5) is 25.0 Å². The maximum absolute atomic E-state index is 13.8. The van der Waals surface area contributed by atoms with Crippen molar-refractivity contribution in [1.82, 2.24) is 4.90 Å². The van der Waals surface area contributed by atoms with E-state index in [1.54, 1.807) is 34.1 Å². The first kappa shape index (κ1) is 19.3. The number of carbonyl (C=O) groups excluding carboxylic acids is 2. The average molecular weight is 401 g/mol. The van der Waals surface area contributed by atoms with Crippen LogP contribution in [0.25, 0.3) is 0 Å². The van der Waals surface area contributed by atoms with Crippen molar-refractivity contribution in [2.24, 2.45) is 0 Å². The third-order valence-corrected chi connectivity index (χ3v) is 5.71.